The van der Waals surface area contributed by atoms with Crippen molar-refractivity contribution in [1.29, 1.82) is 5.26 Å². The first kappa shape index (κ1) is 11.4. The minimum atomic E-state index is 0.313. The quantitative estimate of drug-likeness (QED) is 0.883. The summed E-state index contributed by atoms with van der Waals surface area (Å²) >= 11 is 0. The van der Waals surface area contributed by atoms with Crippen LogP contribution in [0, 0.1) is 17.2 Å². The van der Waals surface area contributed by atoms with E-state index >= 15 is 0 Å². The summed E-state index contributed by atoms with van der Waals surface area (Å²) in [7, 11) is 0. The lowest BCUT2D eigenvalue weighted by Gasteiger charge is -2.15. The van der Waals surface area contributed by atoms with E-state index in [4.69, 9.17) is 5.73 Å². The van der Waals surface area contributed by atoms with Crippen LogP contribution in [0.5, 0.6) is 0 Å². The number of hydrogen-bond donors (Lipinski definition) is 1. The molecule has 1 aromatic heterocycles. The first-order valence-corrected chi connectivity index (χ1v) is 6.75. The summed E-state index contributed by atoms with van der Waals surface area (Å²) in [5.41, 5.74) is 6.66. The number of aromatic nitrogens is 2. The fourth-order valence-corrected chi connectivity index (χ4v) is 2.78. The molecule has 96 valence electrons. The highest BCUT2D eigenvalue weighted by molar-refractivity contribution is 5.65. The zero-order valence-electron chi connectivity index (χ0n) is 10.8. The molecule has 1 unspecified atom stereocenters. The van der Waals surface area contributed by atoms with Gasteiger partial charge in [0, 0.05) is 13.1 Å². The Hall–Kier alpha value is -1.70. The van der Waals surface area contributed by atoms with Gasteiger partial charge in [0.05, 0.1) is 6.04 Å². The zero-order chi connectivity index (χ0) is 12.7. The minimum absolute atomic E-state index is 0.313. The van der Waals surface area contributed by atoms with E-state index in [1.54, 1.807) is 0 Å². The van der Waals surface area contributed by atoms with Gasteiger partial charge < -0.3 is 10.6 Å². The Morgan fingerprint density at radius 1 is 1.39 bits per heavy atom. The number of rotatable bonds is 3. The van der Waals surface area contributed by atoms with Crippen molar-refractivity contribution in [1.82, 2.24) is 9.78 Å². The third-order valence-corrected chi connectivity index (χ3v) is 4.14. The number of nitrogens with two attached hydrogens (primary N) is 1. The second-order valence-electron chi connectivity index (χ2n) is 5.41. The Balaban J connectivity index is 1.98. The highest BCUT2D eigenvalue weighted by Crippen LogP contribution is 2.41. The Morgan fingerprint density at radius 2 is 2.06 bits per heavy atom. The van der Waals surface area contributed by atoms with Crippen molar-refractivity contribution in [3.05, 3.63) is 5.56 Å². The van der Waals surface area contributed by atoms with Crippen molar-refractivity contribution in [2.75, 3.05) is 23.7 Å². The van der Waals surface area contributed by atoms with Crippen LogP contribution in [0.3, 0.4) is 0 Å². The molecular formula is C13H19N5. The summed E-state index contributed by atoms with van der Waals surface area (Å²) < 4.78 is 1.86. The van der Waals surface area contributed by atoms with Crippen LogP contribution in [0.25, 0.3) is 0 Å². The molecule has 0 radical (unpaired) electrons. The first-order valence-electron chi connectivity index (χ1n) is 6.75. The second kappa shape index (κ2) is 4.20. The molecule has 2 fully saturated rings. The predicted molar refractivity (Wildman–Crippen MR) is 70.2 cm³/mol. The van der Waals surface area contributed by atoms with Gasteiger partial charge >= 0.3 is 0 Å². The number of hydrogen-bond acceptors (Lipinski definition) is 4. The van der Waals surface area contributed by atoms with Gasteiger partial charge in [0.2, 0.25) is 0 Å². The van der Waals surface area contributed by atoms with E-state index in [-0.39, 0.29) is 0 Å². The third kappa shape index (κ3) is 1.72. The van der Waals surface area contributed by atoms with Gasteiger partial charge in [0.25, 0.3) is 0 Å². The number of nitrogens with zero attached hydrogens (tertiary/aromatic N) is 4. The summed E-state index contributed by atoms with van der Waals surface area (Å²) in [4.78, 5) is 2.19. The minimum Gasteiger partial charge on any atom is -0.383 e. The molecule has 2 aliphatic rings. The van der Waals surface area contributed by atoms with Crippen LogP contribution in [0.2, 0.25) is 0 Å². The molecule has 3 rings (SSSR count). The largest absolute Gasteiger partial charge is 0.383 e. The topological polar surface area (TPSA) is 70.9 Å². The summed E-state index contributed by atoms with van der Waals surface area (Å²) in [6.07, 6.45) is 4.86. The predicted octanol–water partition coefficient (Wildman–Crippen LogP) is 1.91. The van der Waals surface area contributed by atoms with E-state index in [2.05, 4.69) is 23.0 Å². The van der Waals surface area contributed by atoms with Crippen molar-refractivity contribution in [3.8, 4) is 6.07 Å². The van der Waals surface area contributed by atoms with Gasteiger partial charge in [-0.05, 0) is 38.5 Å². The van der Waals surface area contributed by atoms with Gasteiger partial charge in [-0.3, -0.25) is 0 Å². The monoisotopic (exact) mass is 245 g/mol. The van der Waals surface area contributed by atoms with E-state index in [0.717, 1.165) is 18.9 Å². The van der Waals surface area contributed by atoms with Gasteiger partial charge in [0.1, 0.15) is 17.5 Å². The molecule has 1 aromatic rings. The fourth-order valence-electron chi connectivity index (χ4n) is 2.78. The summed E-state index contributed by atoms with van der Waals surface area (Å²) in [5.74, 6) is 2.02. The standard InChI is InChI=1S/C13H19N5/c1-9(10-4-5-10)18-12(15)11(8-14)13(16-18)17-6-2-3-7-17/h9-10H,2-7,15H2,1H3. The molecule has 0 aromatic carbocycles. The molecule has 1 saturated heterocycles. The van der Waals surface area contributed by atoms with Crippen LogP contribution < -0.4 is 10.6 Å². The Morgan fingerprint density at radius 3 is 2.61 bits per heavy atom. The maximum atomic E-state index is 9.30. The molecule has 0 spiro atoms. The summed E-state index contributed by atoms with van der Waals surface area (Å²) in [6.45, 7) is 4.13. The van der Waals surface area contributed by atoms with E-state index < -0.39 is 0 Å². The van der Waals surface area contributed by atoms with E-state index in [9.17, 15) is 5.26 Å². The molecule has 18 heavy (non-hydrogen) atoms. The molecule has 1 aliphatic heterocycles. The lowest BCUT2D eigenvalue weighted by Crippen LogP contribution is -2.19. The second-order valence-corrected chi connectivity index (χ2v) is 5.41. The Kier molecular flexibility index (Phi) is 2.66. The van der Waals surface area contributed by atoms with Crippen LogP contribution in [-0.4, -0.2) is 22.9 Å². The van der Waals surface area contributed by atoms with E-state index in [1.165, 1.54) is 25.7 Å². The lowest BCUT2D eigenvalue weighted by atomic mass is 10.2. The SMILES string of the molecule is CC(C1CC1)n1nc(N2CCCC2)c(C#N)c1N. The molecule has 0 amide bonds. The first-order chi connectivity index (χ1) is 8.72. The van der Waals surface area contributed by atoms with Crippen LogP contribution in [0.15, 0.2) is 0 Å². The highest BCUT2D eigenvalue weighted by atomic mass is 15.4. The zero-order valence-corrected chi connectivity index (χ0v) is 10.8. The maximum Gasteiger partial charge on any atom is 0.170 e. The molecule has 5 heteroatoms. The molecule has 1 saturated carbocycles. The fraction of sp³-hybridized carbons (Fsp3) is 0.692. The van der Waals surface area contributed by atoms with Gasteiger partial charge in [-0.1, -0.05) is 0 Å². The maximum absolute atomic E-state index is 9.30. The molecule has 1 atom stereocenters. The van der Waals surface area contributed by atoms with Crippen molar-refractivity contribution in [2.45, 2.75) is 38.6 Å². The summed E-state index contributed by atoms with van der Waals surface area (Å²) in [5, 5.41) is 13.9. The molecular weight excluding hydrogens is 226 g/mol. The van der Waals surface area contributed by atoms with E-state index in [0.29, 0.717) is 23.3 Å². The third-order valence-electron chi connectivity index (χ3n) is 4.14. The molecule has 2 N–H and O–H groups in total. The normalized spacial score (nSPS) is 21.0. The Labute approximate surface area is 107 Å². The van der Waals surface area contributed by atoms with Crippen molar-refractivity contribution in [2.24, 2.45) is 5.92 Å². The molecule has 2 heterocycles. The van der Waals surface area contributed by atoms with Crippen molar-refractivity contribution in [3.63, 3.8) is 0 Å². The average molecular weight is 245 g/mol. The van der Waals surface area contributed by atoms with Crippen LogP contribution in [0.1, 0.15) is 44.2 Å². The number of anilines is 2. The lowest BCUT2D eigenvalue weighted by molar-refractivity contribution is 0.446. The van der Waals surface area contributed by atoms with Crippen molar-refractivity contribution >= 4 is 11.6 Å². The van der Waals surface area contributed by atoms with Gasteiger partial charge in [0.15, 0.2) is 5.82 Å². The van der Waals surface area contributed by atoms with Gasteiger partial charge in [-0.2, -0.15) is 10.4 Å². The molecule has 1 aliphatic carbocycles. The Bertz CT molecular complexity index is 488. The van der Waals surface area contributed by atoms with Gasteiger partial charge in [-0.25, -0.2) is 4.68 Å². The molecule has 0 bridgehead atoms. The van der Waals surface area contributed by atoms with Crippen LogP contribution in [-0.2, 0) is 0 Å². The molecule has 5 nitrogen and oxygen atoms in total. The van der Waals surface area contributed by atoms with E-state index in [1.807, 2.05) is 4.68 Å². The average Bonchev–Trinajstić information content (AvgIpc) is 2.97. The van der Waals surface area contributed by atoms with Crippen LogP contribution in [0.4, 0.5) is 11.6 Å². The highest BCUT2D eigenvalue weighted by Gasteiger charge is 2.33. The van der Waals surface area contributed by atoms with Gasteiger partial charge in [-0.15, -0.1) is 0 Å². The number of nitriles is 1. The summed E-state index contributed by atoms with van der Waals surface area (Å²) in [6, 6.07) is 2.54. The van der Waals surface area contributed by atoms with Crippen molar-refractivity contribution < 1.29 is 0 Å². The number of nitrogen functional groups attached to an aromatic ring is 1. The smallest absolute Gasteiger partial charge is 0.170 e. The van der Waals surface area contributed by atoms with Crippen LogP contribution >= 0.6 is 0 Å².